The molecule has 4 nitrogen and oxygen atoms in total. The minimum absolute atomic E-state index is 0.0369. The van der Waals surface area contributed by atoms with E-state index in [1.807, 2.05) is 0 Å². The van der Waals surface area contributed by atoms with E-state index >= 15 is 0 Å². The fourth-order valence-electron chi connectivity index (χ4n) is 2.14. The highest BCUT2D eigenvalue weighted by Gasteiger charge is 2.13. The molecule has 0 bridgehead atoms. The molecule has 1 unspecified atom stereocenters. The Morgan fingerprint density at radius 1 is 1.21 bits per heavy atom. The van der Waals surface area contributed by atoms with Gasteiger partial charge in [-0.1, -0.05) is 25.3 Å². The van der Waals surface area contributed by atoms with Crippen LogP contribution in [-0.2, 0) is 14.3 Å². The second-order valence-corrected chi connectivity index (χ2v) is 4.96. The van der Waals surface area contributed by atoms with Crippen LogP contribution < -0.4 is 0 Å². The molecule has 4 heteroatoms. The standard InChI is InChI=1S/C15H26O4/c16-14(17)10-6-4-2-1-3-5-8-12-18-15-11-7-9-13-19-15/h6,10,15H,1-5,7-9,11-13H2,(H,16,17)/b10-6+. The van der Waals surface area contributed by atoms with Crippen molar-refractivity contribution in [1.29, 1.82) is 0 Å². The van der Waals surface area contributed by atoms with Gasteiger partial charge in [0.2, 0.25) is 0 Å². The highest BCUT2D eigenvalue weighted by Crippen LogP contribution is 2.14. The molecule has 0 spiro atoms. The molecule has 110 valence electrons. The molecule has 1 heterocycles. The van der Waals surface area contributed by atoms with Crippen LogP contribution in [0.4, 0.5) is 0 Å². The average Bonchev–Trinajstić information content (AvgIpc) is 2.42. The molecule has 1 fully saturated rings. The van der Waals surface area contributed by atoms with Crippen LogP contribution in [0.3, 0.4) is 0 Å². The second-order valence-electron chi connectivity index (χ2n) is 4.96. The van der Waals surface area contributed by atoms with E-state index in [9.17, 15) is 4.79 Å². The molecule has 1 N–H and O–H groups in total. The summed E-state index contributed by atoms with van der Waals surface area (Å²) in [6.45, 7) is 1.64. The van der Waals surface area contributed by atoms with Gasteiger partial charge < -0.3 is 14.6 Å². The molecule has 0 aromatic heterocycles. The summed E-state index contributed by atoms with van der Waals surface area (Å²) in [5.74, 6) is -0.859. The van der Waals surface area contributed by atoms with Gasteiger partial charge >= 0.3 is 5.97 Å². The lowest BCUT2D eigenvalue weighted by molar-refractivity contribution is -0.162. The number of ether oxygens (including phenoxy) is 2. The number of allylic oxidation sites excluding steroid dienone is 1. The maximum Gasteiger partial charge on any atom is 0.327 e. The predicted octanol–water partition coefficient (Wildman–Crippen LogP) is 3.51. The van der Waals surface area contributed by atoms with Crippen molar-refractivity contribution in [2.24, 2.45) is 0 Å². The number of hydrogen-bond donors (Lipinski definition) is 1. The number of aliphatic carboxylic acids is 1. The van der Waals surface area contributed by atoms with Crippen molar-refractivity contribution in [2.45, 2.75) is 64.1 Å². The maximum absolute atomic E-state index is 10.2. The van der Waals surface area contributed by atoms with Crippen molar-refractivity contribution < 1.29 is 19.4 Å². The molecule has 0 radical (unpaired) electrons. The normalized spacial score (nSPS) is 19.9. The molecule has 0 aromatic rings. The Hall–Kier alpha value is -0.870. The zero-order chi connectivity index (χ0) is 13.8. The third kappa shape index (κ3) is 9.68. The second kappa shape index (κ2) is 11.0. The summed E-state index contributed by atoms with van der Waals surface area (Å²) >= 11 is 0. The number of hydrogen-bond acceptors (Lipinski definition) is 3. The maximum atomic E-state index is 10.2. The van der Waals surface area contributed by atoms with Crippen molar-refractivity contribution in [1.82, 2.24) is 0 Å². The highest BCUT2D eigenvalue weighted by molar-refractivity contribution is 5.79. The lowest BCUT2D eigenvalue weighted by atomic mass is 10.1. The van der Waals surface area contributed by atoms with Gasteiger partial charge in [-0.3, -0.25) is 0 Å². The van der Waals surface area contributed by atoms with Gasteiger partial charge in [0.1, 0.15) is 0 Å². The minimum Gasteiger partial charge on any atom is -0.478 e. The number of carboxylic acid groups (broad SMARTS) is 1. The quantitative estimate of drug-likeness (QED) is 0.487. The van der Waals surface area contributed by atoms with Crippen molar-refractivity contribution in [3.8, 4) is 0 Å². The average molecular weight is 270 g/mol. The number of carboxylic acids is 1. The molecule has 0 aliphatic carbocycles. The fourth-order valence-corrected chi connectivity index (χ4v) is 2.14. The van der Waals surface area contributed by atoms with E-state index in [0.717, 1.165) is 51.7 Å². The van der Waals surface area contributed by atoms with Crippen LogP contribution >= 0.6 is 0 Å². The van der Waals surface area contributed by atoms with Crippen LogP contribution in [0.15, 0.2) is 12.2 Å². The predicted molar refractivity (Wildman–Crippen MR) is 74.0 cm³/mol. The molecule has 0 amide bonds. The summed E-state index contributed by atoms with van der Waals surface area (Å²) in [5.41, 5.74) is 0. The molecule has 1 saturated heterocycles. The van der Waals surface area contributed by atoms with Gasteiger partial charge in [0.15, 0.2) is 6.29 Å². The van der Waals surface area contributed by atoms with Crippen LogP contribution in [0.25, 0.3) is 0 Å². The van der Waals surface area contributed by atoms with Gasteiger partial charge in [-0.2, -0.15) is 0 Å². The van der Waals surface area contributed by atoms with Crippen LogP contribution in [0.2, 0.25) is 0 Å². The first-order valence-electron chi connectivity index (χ1n) is 7.41. The van der Waals surface area contributed by atoms with Gasteiger partial charge in [0, 0.05) is 19.3 Å². The van der Waals surface area contributed by atoms with Gasteiger partial charge in [-0.05, 0) is 38.5 Å². The summed E-state index contributed by atoms with van der Waals surface area (Å²) in [5, 5.41) is 8.41. The van der Waals surface area contributed by atoms with Gasteiger partial charge in [-0.25, -0.2) is 4.79 Å². The molecular formula is C15H26O4. The monoisotopic (exact) mass is 270 g/mol. The Kier molecular flexibility index (Phi) is 9.37. The number of rotatable bonds is 10. The largest absolute Gasteiger partial charge is 0.478 e. The lowest BCUT2D eigenvalue weighted by Gasteiger charge is -2.22. The molecule has 1 aliphatic heterocycles. The summed E-state index contributed by atoms with van der Waals surface area (Å²) in [6.07, 6.45) is 12.9. The van der Waals surface area contributed by atoms with E-state index < -0.39 is 5.97 Å². The van der Waals surface area contributed by atoms with Gasteiger partial charge in [0.25, 0.3) is 0 Å². The van der Waals surface area contributed by atoms with E-state index in [1.165, 1.54) is 25.3 Å². The molecule has 0 saturated carbocycles. The first-order chi connectivity index (χ1) is 9.29. The topological polar surface area (TPSA) is 55.8 Å². The van der Waals surface area contributed by atoms with Crippen LogP contribution in [0.5, 0.6) is 0 Å². The Morgan fingerprint density at radius 3 is 2.74 bits per heavy atom. The summed E-state index contributed by atoms with van der Waals surface area (Å²) in [4.78, 5) is 10.2. The lowest BCUT2D eigenvalue weighted by Crippen LogP contribution is -2.22. The molecule has 19 heavy (non-hydrogen) atoms. The van der Waals surface area contributed by atoms with Crippen molar-refractivity contribution in [2.75, 3.05) is 13.2 Å². The Bertz CT molecular complexity index is 257. The van der Waals surface area contributed by atoms with E-state index in [1.54, 1.807) is 6.08 Å². The van der Waals surface area contributed by atoms with Crippen molar-refractivity contribution in [3.05, 3.63) is 12.2 Å². The first kappa shape index (κ1) is 16.2. The van der Waals surface area contributed by atoms with Gasteiger partial charge in [0.05, 0.1) is 0 Å². The summed E-state index contributed by atoms with van der Waals surface area (Å²) in [7, 11) is 0. The summed E-state index contributed by atoms with van der Waals surface area (Å²) < 4.78 is 11.1. The van der Waals surface area contributed by atoms with Crippen LogP contribution in [0.1, 0.15) is 57.8 Å². The third-order valence-corrected chi connectivity index (χ3v) is 3.22. The zero-order valence-electron chi connectivity index (χ0n) is 11.7. The molecule has 1 aliphatic rings. The molecule has 1 atom stereocenters. The Morgan fingerprint density at radius 2 is 2.00 bits per heavy atom. The first-order valence-corrected chi connectivity index (χ1v) is 7.41. The fraction of sp³-hybridized carbons (Fsp3) is 0.800. The smallest absolute Gasteiger partial charge is 0.327 e. The van der Waals surface area contributed by atoms with Crippen LogP contribution in [-0.4, -0.2) is 30.6 Å². The number of unbranched alkanes of at least 4 members (excludes halogenated alkanes) is 5. The van der Waals surface area contributed by atoms with E-state index in [4.69, 9.17) is 14.6 Å². The molecule has 0 aromatic carbocycles. The number of carbonyl (C=O) groups is 1. The summed E-state index contributed by atoms with van der Waals surface area (Å²) in [6, 6.07) is 0. The van der Waals surface area contributed by atoms with Crippen molar-refractivity contribution >= 4 is 5.97 Å². The van der Waals surface area contributed by atoms with Gasteiger partial charge in [-0.15, -0.1) is 0 Å². The van der Waals surface area contributed by atoms with Crippen molar-refractivity contribution in [3.63, 3.8) is 0 Å². The van der Waals surface area contributed by atoms with E-state index in [2.05, 4.69) is 0 Å². The SMILES string of the molecule is O=C(O)/C=C/CCCCCCCOC1CCCCO1. The highest BCUT2D eigenvalue weighted by atomic mass is 16.7. The minimum atomic E-state index is -0.859. The molecule has 1 rings (SSSR count). The zero-order valence-corrected chi connectivity index (χ0v) is 11.7. The molecular weight excluding hydrogens is 244 g/mol. The van der Waals surface area contributed by atoms with E-state index in [0.29, 0.717) is 0 Å². The third-order valence-electron chi connectivity index (χ3n) is 3.22. The van der Waals surface area contributed by atoms with E-state index in [-0.39, 0.29) is 6.29 Å². The van der Waals surface area contributed by atoms with Crippen LogP contribution in [0, 0.1) is 0 Å². The Balaban J connectivity index is 1.79. The Labute approximate surface area is 115 Å².